The van der Waals surface area contributed by atoms with Gasteiger partial charge < -0.3 is 25.0 Å². The maximum atomic E-state index is 5.66. The van der Waals surface area contributed by atoms with Crippen molar-refractivity contribution in [3.8, 4) is 5.75 Å². The summed E-state index contributed by atoms with van der Waals surface area (Å²) < 4.78 is 11.1. The number of aliphatic imine (C=N–C) groups is 1. The lowest BCUT2D eigenvalue weighted by Crippen LogP contribution is -2.49. The molecule has 1 aromatic rings. The number of nitrogens with zero attached hydrogens (tertiary/aromatic N) is 2. The van der Waals surface area contributed by atoms with E-state index in [-0.39, 0.29) is 24.0 Å². The molecule has 6 nitrogen and oxygen atoms in total. The van der Waals surface area contributed by atoms with E-state index < -0.39 is 0 Å². The Labute approximate surface area is 193 Å². The van der Waals surface area contributed by atoms with Crippen LogP contribution in [0.3, 0.4) is 0 Å². The third-order valence-corrected chi connectivity index (χ3v) is 5.19. The van der Waals surface area contributed by atoms with Crippen molar-refractivity contribution in [2.75, 3.05) is 46.9 Å². The zero-order valence-corrected chi connectivity index (χ0v) is 21.0. The zero-order chi connectivity index (χ0) is 20.4. The van der Waals surface area contributed by atoms with Crippen molar-refractivity contribution in [2.24, 2.45) is 4.99 Å². The summed E-state index contributed by atoms with van der Waals surface area (Å²) in [6.45, 7) is 11.2. The molecular weight excluding hydrogens is 479 g/mol. The fraction of sp³-hybridized carbons (Fsp3) is 0.682. The van der Waals surface area contributed by atoms with Crippen molar-refractivity contribution in [2.45, 2.75) is 52.2 Å². The van der Waals surface area contributed by atoms with Crippen LogP contribution in [-0.2, 0) is 11.2 Å². The van der Waals surface area contributed by atoms with Crippen LogP contribution < -0.4 is 15.4 Å². The Morgan fingerprint density at radius 2 is 2.00 bits per heavy atom. The van der Waals surface area contributed by atoms with Crippen molar-refractivity contribution < 1.29 is 9.47 Å². The smallest absolute Gasteiger partial charge is 0.191 e. The van der Waals surface area contributed by atoms with Crippen LogP contribution in [0.25, 0.3) is 0 Å². The molecule has 0 atom stereocenters. The molecule has 0 bridgehead atoms. The first-order valence-corrected chi connectivity index (χ1v) is 10.5. The first-order chi connectivity index (χ1) is 13.5. The number of aryl methyl sites for hydroxylation is 1. The third-order valence-electron chi connectivity index (χ3n) is 5.19. The molecule has 166 valence electrons. The van der Waals surface area contributed by atoms with E-state index in [4.69, 9.17) is 9.47 Å². The molecule has 0 unspecified atom stereocenters. The summed E-state index contributed by atoms with van der Waals surface area (Å²) in [6.07, 6.45) is 3.52. The molecule has 7 heteroatoms. The first kappa shape index (κ1) is 26.0. The predicted molar refractivity (Wildman–Crippen MR) is 132 cm³/mol. The minimum absolute atomic E-state index is 0. The minimum Gasteiger partial charge on any atom is -0.496 e. The van der Waals surface area contributed by atoms with Crippen LogP contribution >= 0.6 is 24.0 Å². The molecule has 29 heavy (non-hydrogen) atoms. The third kappa shape index (κ3) is 9.53. The Hall–Kier alpha value is -1.06. The molecule has 0 saturated carbocycles. The zero-order valence-electron chi connectivity index (χ0n) is 18.7. The van der Waals surface area contributed by atoms with E-state index in [0.29, 0.717) is 12.1 Å². The number of benzene rings is 1. The van der Waals surface area contributed by atoms with Gasteiger partial charge in [-0.3, -0.25) is 4.99 Å². The number of guanidine groups is 1. The van der Waals surface area contributed by atoms with E-state index in [1.807, 2.05) is 7.05 Å². The Bertz CT molecular complexity index is 617. The van der Waals surface area contributed by atoms with Gasteiger partial charge in [0.2, 0.25) is 0 Å². The maximum absolute atomic E-state index is 5.66. The molecule has 1 aliphatic rings. The van der Waals surface area contributed by atoms with Gasteiger partial charge in [-0.25, -0.2) is 0 Å². The number of likely N-dealkylation sites (tertiary alicyclic amines) is 1. The molecule has 2 N–H and O–H groups in total. The van der Waals surface area contributed by atoms with E-state index in [1.54, 1.807) is 7.11 Å². The van der Waals surface area contributed by atoms with Gasteiger partial charge in [-0.05, 0) is 57.2 Å². The molecule has 1 aromatic carbocycles. The number of nitrogens with one attached hydrogen (secondary N) is 2. The van der Waals surface area contributed by atoms with Crippen LogP contribution in [0, 0.1) is 6.92 Å². The number of piperidine rings is 1. The second kappa shape index (κ2) is 14.0. The molecule has 1 fully saturated rings. The summed E-state index contributed by atoms with van der Waals surface area (Å²) >= 11 is 0. The lowest BCUT2D eigenvalue weighted by atomic mass is 10.1. The first-order valence-electron chi connectivity index (χ1n) is 10.5. The van der Waals surface area contributed by atoms with E-state index in [1.165, 1.54) is 11.1 Å². The molecule has 0 aromatic heterocycles. The average molecular weight is 518 g/mol. The lowest BCUT2D eigenvalue weighted by molar-refractivity contribution is 0.0532. The van der Waals surface area contributed by atoms with Crippen molar-refractivity contribution in [3.05, 3.63) is 29.3 Å². The minimum atomic E-state index is 0. The van der Waals surface area contributed by atoms with Crippen molar-refractivity contribution in [1.29, 1.82) is 0 Å². The molecule has 0 aliphatic carbocycles. The van der Waals surface area contributed by atoms with Gasteiger partial charge in [0.25, 0.3) is 0 Å². The Balaban J connectivity index is 0.00000420. The van der Waals surface area contributed by atoms with Crippen molar-refractivity contribution in [3.63, 3.8) is 0 Å². The molecule has 0 amide bonds. The number of halogens is 1. The number of ether oxygens (including phenoxy) is 2. The topological polar surface area (TPSA) is 58.1 Å². The van der Waals surface area contributed by atoms with E-state index in [9.17, 15) is 0 Å². The van der Waals surface area contributed by atoms with Gasteiger partial charge in [0.1, 0.15) is 5.75 Å². The van der Waals surface area contributed by atoms with Gasteiger partial charge in [-0.15, -0.1) is 24.0 Å². The van der Waals surface area contributed by atoms with Crippen LogP contribution in [0.5, 0.6) is 5.75 Å². The number of rotatable bonds is 9. The van der Waals surface area contributed by atoms with E-state index in [0.717, 1.165) is 63.8 Å². The van der Waals surface area contributed by atoms with Crippen molar-refractivity contribution in [1.82, 2.24) is 15.5 Å². The van der Waals surface area contributed by atoms with E-state index in [2.05, 4.69) is 59.5 Å². The maximum Gasteiger partial charge on any atom is 0.191 e. The van der Waals surface area contributed by atoms with Crippen LogP contribution in [0.1, 0.15) is 37.8 Å². The highest BCUT2D eigenvalue weighted by Crippen LogP contribution is 2.19. The lowest BCUT2D eigenvalue weighted by Gasteiger charge is -2.33. The fourth-order valence-electron chi connectivity index (χ4n) is 3.45. The Morgan fingerprint density at radius 1 is 1.28 bits per heavy atom. The molecule has 0 spiro atoms. The van der Waals surface area contributed by atoms with Gasteiger partial charge in [-0.2, -0.15) is 0 Å². The molecule has 1 aliphatic heterocycles. The number of hydrogen-bond donors (Lipinski definition) is 2. The second-order valence-corrected chi connectivity index (χ2v) is 7.73. The predicted octanol–water partition coefficient (Wildman–Crippen LogP) is 3.22. The Morgan fingerprint density at radius 3 is 2.62 bits per heavy atom. The van der Waals surface area contributed by atoms with Crippen LogP contribution in [0.15, 0.2) is 23.2 Å². The summed E-state index contributed by atoms with van der Waals surface area (Å²) in [5, 5.41) is 7.01. The monoisotopic (exact) mass is 518 g/mol. The van der Waals surface area contributed by atoms with Gasteiger partial charge in [0.05, 0.1) is 19.8 Å². The summed E-state index contributed by atoms with van der Waals surface area (Å²) in [4.78, 5) is 6.87. The summed E-state index contributed by atoms with van der Waals surface area (Å²) in [5.41, 5.74) is 2.43. The van der Waals surface area contributed by atoms with Crippen molar-refractivity contribution >= 4 is 29.9 Å². The SMILES string of the molecule is CN=C(NCCc1ccc(C)c(OC)c1)NC1CCN(CCOC(C)C)CC1.I. The van der Waals surface area contributed by atoms with Gasteiger partial charge >= 0.3 is 0 Å². The molecule has 2 rings (SSSR count). The normalized spacial score (nSPS) is 15.9. The highest BCUT2D eigenvalue weighted by Gasteiger charge is 2.19. The summed E-state index contributed by atoms with van der Waals surface area (Å²) in [7, 11) is 3.56. The second-order valence-electron chi connectivity index (χ2n) is 7.73. The number of hydrogen-bond acceptors (Lipinski definition) is 4. The average Bonchev–Trinajstić information content (AvgIpc) is 2.69. The highest BCUT2D eigenvalue weighted by atomic mass is 127. The molecule has 0 radical (unpaired) electrons. The number of methoxy groups -OCH3 is 1. The summed E-state index contributed by atoms with van der Waals surface area (Å²) in [6, 6.07) is 6.87. The van der Waals surface area contributed by atoms with Crippen LogP contribution in [0.2, 0.25) is 0 Å². The van der Waals surface area contributed by atoms with Crippen LogP contribution in [-0.4, -0.2) is 69.9 Å². The quantitative estimate of drug-likeness (QED) is 0.299. The van der Waals surface area contributed by atoms with Gasteiger partial charge in [0, 0.05) is 39.3 Å². The Kier molecular flexibility index (Phi) is 12.6. The summed E-state index contributed by atoms with van der Waals surface area (Å²) in [5.74, 6) is 1.84. The van der Waals surface area contributed by atoms with Gasteiger partial charge in [-0.1, -0.05) is 12.1 Å². The van der Waals surface area contributed by atoms with E-state index >= 15 is 0 Å². The van der Waals surface area contributed by atoms with Crippen LogP contribution in [0.4, 0.5) is 0 Å². The highest BCUT2D eigenvalue weighted by molar-refractivity contribution is 14.0. The largest absolute Gasteiger partial charge is 0.496 e. The molecule has 1 saturated heterocycles. The van der Waals surface area contributed by atoms with Gasteiger partial charge in [0.15, 0.2) is 5.96 Å². The standard InChI is InChI=1S/C22H38N4O2.HI/c1-17(2)28-15-14-26-12-9-20(10-13-26)25-22(23-4)24-11-8-19-7-6-18(3)21(16-19)27-5;/h6-7,16-17,20H,8-15H2,1-5H3,(H2,23,24,25);1H. The molecular formula is C22H39IN4O2. The molecule has 1 heterocycles. The fourth-order valence-corrected chi connectivity index (χ4v) is 3.45.